The summed E-state index contributed by atoms with van der Waals surface area (Å²) < 4.78 is 0. The third-order valence-electron chi connectivity index (χ3n) is 2.81. The van der Waals surface area contributed by atoms with Crippen LogP contribution in [-0.2, 0) is 9.59 Å². The normalized spacial score (nSPS) is 13.7. The molecular weight excluding hydrogens is 289 g/mol. The summed E-state index contributed by atoms with van der Waals surface area (Å²) in [6, 6.07) is 4.38. The Morgan fingerprint density at radius 1 is 1.37 bits per heavy atom. The number of likely N-dealkylation sites (N-methyl/N-ethyl adjacent to an activating group) is 1. The van der Waals surface area contributed by atoms with E-state index < -0.39 is 11.9 Å². The van der Waals surface area contributed by atoms with E-state index in [-0.39, 0.29) is 12.5 Å². The molecule has 7 heteroatoms. The van der Waals surface area contributed by atoms with Gasteiger partial charge < -0.3 is 16.0 Å². The molecule has 0 saturated carbocycles. The van der Waals surface area contributed by atoms with Gasteiger partial charge in [0.05, 0.1) is 17.1 Å². The Morgan fingerprint density at radius 2 is 2.00 bits per heavy atom. The third-order valence-corrected chi connectivity index (χ3v) is 3.55. The van der Waals surface area contributed by atoms with Gasteiger partial charge in [-0.3, -0.25) is 9.59 Å². The molecule has 1 aromatic carbocycles. The highest BCUT2D eigenvalue weighted by Crippen LogP contribution is 2.24. The summed E-state index contributed by atoms with van der Waals surface area (Å²) >= 11 is 11.6. The number of carbonyl (C=O) groups is 2. The molecule has 0 fully saturated rings. The van der Waals surface area contributed by atoms with Gasteiger partial charge in [0, 0.05) is 5.69 Å². The monoisotopic (exact) mass is 304 g/mol. The van der Waals surface area contributed by atoms with Gasteiger partial charge in [-0.15, -0.1) is 0 Å². The summed E-state index contributed by atoms with van der Waals surface area (Å²) in [5.74, 6) is -0.677. The lowest BCUT2D eigenvalue weighted by atomic mass is 10.2. The molecule has 0 aliphatic heterocycles. The van der Waals surface area contributed by atoms with Crippen LogP contribution in [0, 0.1) is 0 Å². The zero-order valence-electron chi connectivity index (χ0n) is 10.7. The van der Waals surface area contributed by atoms with Crippen LogP contribution in [0.5, 0.6) is 0 Å². The van der Waals surface area contributed by atoms with Gasteiger partial charge in [-0.05, 0) is 25.1 Å². The standard InChI is InChI=1S/C12H15Cl2N3O2/c1-7(12(15)19)17(2)6-11(18)16-8-3-4-9(13)10(14)5-8/h3-5,7H,6H2,1-2H3,(H2,15,19)(H,16,18)/p+1/t7-/m0/s1. The van der Waals surface area contributed by atoms with Crippen molar-refractivity contribution >= 4 is 40.7 Å². The third kappa shape index (κ3) is 4.70. The Bertz CT molecular complexity index is 494. The number of halogens is 2. The molecule has 2 amide bonds. The molecule has 2 atom stereocenters. The van der Waals surface area contributed by atoms with Gasteiger partial charge in [0.2, 0.25) is 0 Å². The van der Waals surface area contributed by atoms with E-state index in [1.54, 1.807) is 32.2 Å². The SMILES string of the molecule is C[C@@H](C(N)=O)[NH+](C)CC(=O)Nc1ccc(Cl)c(Cl)c1. The van der Waals surface area contributed by atoms with Crippen LogP contribution in [0.25, 0.3) is 0 Å². The molecule has 4 N–H and O–H groups in total. The predicted molar refractivity (Wildman–Crippen MR) is 75.5 cm³/mol. The number of rotatable bonds is 5. The minimum absolute atomic E-state index is 0.129. The Kier molecular flexibility index (Phi) is 5.60. The fourth-order valence-electron chi connectivity index (χ4n) is 1.43. The maximum Gasteiger partial charge on any atom is 0.279 e. The van der Waals surface area contributed by atoms with Crippen LogP contribution in [0.4, 0.5) is 5.69 Å². The number of nitrogens with two attached hydrogens (primary N) is 1. The van der Waals surface area contributed by atoms with Crippen LogP contribution in [0.2, 0.25) is 10.0 Å². The Labute approximate surface area is 121 Å². The van der Waals surface area contributed by atoms with Gasteiger partial charge in [0.25, 0.3) is 11.8 Å². The van der Waals surface area contributed by atoms with E-state index in [2.05, 4.69) is 5.32 Å². The van der Waals surface area contributed by atoms with Crippen molar-refractivity contribution in [3.05, 3.63) is 28.2 Å². The van der Waals surface area contributed by atoms with Crippen molar-refractivity contribution in [2.45, 2.75) is 13.0 Å². The second-order valence-electron chi connectivity index (χ2n) is 4.32. The quantitative estimate of drug-likeness (QED) is 0.733. The second-order valence-corrected chi connectivity index (χ2v) is 5.14. The first-order valence-electron chi connectivity index (χ1n) is 5.67. The first-order valence-corrected chi connectivity index (χ1v) is 6.43. The Morgan fingerprint density at radius 3 is 2.53 bits per heavy atom. The summed E-state index contributed by atoms with van der Waals surface area (Å²) in [6.07, 6.45) is 0. The molecule has 104 valence electrons. The summed E-state index contributed by atoms with van der Waals surface area (Å²) in [7, 11) is 1.73. The lowest BCUT2D eigenvalue weighted by molar-refractivity contribution is -0.885. The minimum atomic E-state index is -0.445. The van der Waals surface area contributed by atoms with E-state index in [1.165, 1.54) is 0 Å². The van der Waals surface area contributed by atoms with Crippen molar-refractivity contribution in [2.75, 3.05) is 18.9 Å². The summed E-state index contributed by atoms with van der Waals surface area (Å²) in [4.78, 5) is 23.5. The summed E-state index contributed by atoms with van der Waals surface area (Å²) in [5.41, 5.74) is 5.73. The zero-order valence-corrected chi connectivity index (χ0v) is 12.2. The van der Waals surface area contributed by atoms with Crippen LogP contribution < -0.4 is 16.0 Å². The van der Waals surface area contributed by atoms with Gasteiger partial charge >= 0.3 is 0 Å². The maximum absolute atomic E-state index is 11.8. The number of carbonyl (C=O) groups excluding carboxylic acids is 2. The molecule has 0 heterocycles. The average Bonchev–Trinajstić information content (AvgIpc) is 2.32. The van der Waals surface area contributed by atoms with Crippen molar-refractivity contribution in [1.29, 1.82) is 0 Å². The Hall–Kier alpha value is -1.30. The van der Waals surface area contributed by atoms with E-state index >= 15 is 0 Å². The van der Waals surface area contributed by atoms with Crippen LogP contribution in [0.15, 0.2) is 18.2 Å². The number of anilines is 1. The molecule has 0 aliphatic rings. The van der Waals surface area contributed by atoms with Crippen LogP contribution in [0.3, 0.4) is 0 Å². The van der Waals surface area contributed by atoms with Crippen molar-refractivity contribution in [3.8, 4) is 0 Å². The second kappa shape index (κ2) is 6.75. The van der Waals surface area contributed by atoms with E-state index in [0.29, 0.717) is 20.6 Å². The van der Waals surface area contributed by atoms with E-state index in [9.17, 15) is 9.59 Å². The molecule has 0 aliphatic carbocycles. The fourth-order valence-corrected chi connectivity index (χ4v) is 1.73. The number of hydrogen-bond acceptors (Lipinski definition) is 2. The van der Waals surface area contributed by atoms with Gasteiger partial charge in [-0.25, -0.2) is 0 Å². The molecule has 1 aromatic rings. The number of benzene rings is 1. The highest BCUT2D eigenvalue weighted by Gasteiger charge is 2.21. The van der Waals surface area contributed by atoms with Crippen molar-refractivity contribution in [1.82, 2.24) is 0 Å². The number of nitrogens with one attached hydrogen (secondary N) is 2. The van der Waals surface area contributed by atoms with Crippen molar-refractivity contribution in [2.24, 2.45) is 5.73 Å². The first-order chi connectivity index (χ1) is 8.81. The zero-order chi connectivity index (χ0) is 14.6. The first kappa shape index (κ1) is 15.8. The smallest absolute Gasteiger partial charge is 0.279 e. The summed E-state index contributed by atoms with van der Waals surface area (Å²) in [5, 5.41) is 3.47. The van der Waals surface area contributed by atoms with Crippen LogP contribution >= 0.6 is 23.2 Å². The topological polar surface area (TPSA) is 76.6 Å². The molecule has 1 rings (SSSR count). The minimum Gasteiger partial charge on any atom is -0.365 e. The van der Waals surface area contributed by atoms with E-state index in [4.69, 9.17) is 28.9 Å². The van der Waals surface area contributed by atoms with Crippen LogP contribution in [0.1, 0.15) is 6.92 Å². The number of primary amides is 1. The molecule has 0 saturated heterocycles. The van der Waals surface area contributed by atoms with Crippen molar-refractivity contribution < 1.29 is 14.5 Å². The Balaban J connectivity index is 2.60. The molecule has 19 heavy (non-hydrogen) atoms. The lowest BCUT2D eigenvalue weighted by Crippen LogP contribution is -3.15. The molecule has 5 nitrogen and oxygen atoms in total. The van der Waals surface area contributed by atoms with Gasteiger partial charge in [0.15, 0.2) is 12.6 Å². The number of amides is 2. The number of hydrogen-bond donors (Lipinski definition) is 3. The molecule has 1 unspecified atom stereocenters. The van der Waals surface area contributed by atoms with E-state index in [1.807, 2.05) is 0 Å². The summed E-state index contributed by atoms with van der Waals surface area (Å²) in [6.45, 7) is 1.80. The van der Waals surface area contributed by atoms with Gasteiger partial charge in [-0.1, -0.05) is 23.2 Å². The van der Waals surface area contributed by atoms with Gasteiger partial charge in [0.1, 0.15) is 0 Å². The predicted octanol–water partition coefficient (Wildman–Crippen LogP) is 0.320. The highest BCUT2D eigenvalue weighted by atomic mass is 35.5. The molecule has 0 radical (unpaired) electrons. The molecule has 0 bridgehead atoms. The number of quaternary nitrogens is 1. The van der Waals surface area contributed by atoms with Crippen LogP contribution in [-0.4, -0.2) is 31.4 Å². The van der Waals surface area contributed by atoms with Gasteiger partial charge in [-0.2, -0.15) is 0 Å². The van der Waals surface area contributed by atoms with Crippen molar-refractivity contribution in [3.63, 3.8) is 0 Å². The molecule has 0 aromatic heterocycles. The molecular formula is C12H16Cl2N3O2+. The largest absolute Gasteiger partial charge is 0.365 e. The molecule has 0 spiro atoms. The maximum atomic E-state index is 11.8. The fraction of sp³-hybridized carbons (Fsp3) is 0.333. The lowest BCUT2D eigenvalue weighted by Gasteiger charge is -2.18. The average molecular weight is 305 g/mol. The van der Waals surface area contributed by atoms with E-state index in [0.717, 1.165) is 0 Å². The highest BCUT2D eigenvalue weighted by molar-refractivity contribution is 6.42.